The summed E-state index contributed by atoms with van der Waals surface area (Å²) in [5, 5.41) is 0. The molecular formula is C27H36N2OS. The molecule has 0 spiro atoms. The Morgan fingerprint density at radius 3 is 2.61 bits per heavy atom. The highest BCUT2D eigenvalue weighted by atomic mass is 32.2. The first-order valence-corrected chi connectivity index (χ1v) is 13.4. The lowest BCUT2D eigenvalue weighted by Gasteiger charge is -2.38. The minimum absolute atomic E-state index is 0.401. The van der Waals surface area contributed by atoms with Crippen molar-refractivity contribution in [1.29, 1.82) is 0 Å². The summed E-state index contributed by atoms with van der Waals surface area (Å²) in [5.74, 6) is 1.53. The monoisotopic (exact) mass is 436 g/mol. The Morgan fingerprint density at radius 1 is 0.968 bits per heavy atom. The van der Waals surface area contributed by atoms with Crippen molar-refractivity contribution in [2.45, 2.75) is 55.4 Å². The predicted octanol–water partition coefficient (Wildman–Crippen LogP) is 5.95. The van der Waals surface area contributed by atoms with E-state index in [2.05, 4.69) is 58.5 Å². The molecule has 0 N–H and O–H groups in total. The van der Waals surface area contributed by atoms with Crippen LogP contribution in [0.2, 0.25) is 0 Å². The third-order valence-electron chi connectivity index (χ3n) is 7.43. The van der Waals surface area contributed by atoms with Crippen molar-refractivity contribution in [2.24, 2.45) is 0 Å². The lowest BCUT2D eigenvalue weighted by atomic mass is 9.81. The molecule has 2 unspecified atom stereocenters. The van der Waals surface area contributed by atoms with E-state index in [9.17, 15) is 0 Å². The summed E-state index contributed by atoms with van der Waals surface area (Å²) in [6.45, 7) is 6.87. The van der Waals surface area contributed by atoms with Crippen LogP contribution in [0.3, 0.4) is 0 Å². The van der Waals surface area contributed by atoms with Gasteiger partial charge in [0.2, 0.25) is 0 Å². The summed E-state index contributed by atoms with van der Waals surface area (Å²) in [5.41, 5.74) is 4.39. The van der Waals surface area contributed by atoms with Crippen LogP contribution < -0.4 is 4.74 Å². The number of benzene rings is 2. The van der Waals surface area contributed by atoms with Crippen molar-refractivity contribution in [3.63, 3.8) is 0 Å². The Kier molecular flexibility index (Phi) is 6.87. The maximum absolute atomic E-state index is 6.49. The van der Waals surface area contributed by atoms with Gasteiger partial charge in [-0.25, -0.2) is 0 Å². The molecule has 2 aromatic rings. The number of nitrogens with zero attached hydrogens (tertiary/aromatic N) is 2. The average Bonchev–Trinajstić information content (AvgIpc) is 3.31. The van der Waals surface area contributed by atoms with Gasteiger partial charge in [-0.1, -0.05) is 30.7 Å². The van der Waals surface area contributed by atoms with Gasteiger partial charge in [0.1, 0.15) is 5.75 Å². The van der Waals surface area contributed by atoms with Crippen LogP contribution in [0.15, 0.2) is 47.4 Å². The van der Waals surface area contributed by atoms with Crippen molar-refractivity contribution in [1.82, 2.24) is 9.80 Å². The summed E-state index contributed by atoms with van der Waals surface area (Å²) in [6, 6.07) is 16.6. The molecule has 0 amide bonds. The number of hydrogen-bond acceptors (Lipinski definition) is 4. The zero-order chi connectivity index (χ0) is 21.0. The number of rotatable bonds is 7. The largest absolute Gasteiger partial charge is 0.493 e. The first kappa shape index (κ1) is 21.4. The zero-order valence-electron chi connectivity index (χ0n) is 18.9. The molecule has 0 radical (unpaired) electrons. The van der Waals surface area contributed by atoms with Gasteiger partial charge in [0.25, 0.3) is 0 Å². The fourth-order valence-electron chi connectivity index (χ4n) is 5.83. The number of hydrogen-bond donors (Lipinski definition) is 0. The first-order chi connectivity index (χ1) is 15.3. The Balaban J connectivity index is 1.36. The summed E-state index contributed by atoms with van der Waals surface area (Å²) in [6.07, 6.45) is 9.99. The molecule has 0 aromatic heterocycles. The van der Waals surface area contributed by atoms with Crippen LogP contribution >= 0.6 is 11.8 Å². The van der Waals surface area contributed by atoms with E-state index in [-0.39, 0.29) is 0 Å². The van der Waals surface area contributed by atoms with E-state index in [1.54, 1.807) is 0 Å². The van der Waals surface area contributed by atoms with Crippen LogP contribution in [-0.4, -0.2) is 55.4 Å². The van der Waals surface area contributed by atoms with Gasteiger partial charge < -0.3 is 9.64 Å². The number of thioether (sulfide) groups is 1. The minimum Gasteiger partial charge on any atom is -0.493 e. The lowest BCUT2D eigenvalue weighted by molar-refractivity contribution is 0.200. The van der Waals surface area contributed by atoms with E-state index < -0.39 is 0 Å². The highest BCUT2D eigenvalue weighted by Crippen LogP contribution is 2.47. The maximum Gasteiger partial charge on any atom is 0.123 e. The molecule has 3 heterocycles. The summed E-state index contributed by atoms with van der Waals surface area (Å²) in [7, 11) is 0. The van der Waals surface area contributed by atoms with Gasteiger partial charge in [0.15, 0.2) is 0 Å². The Bertz CT molecular complexity index is 862. The van der Waals surface area contributed by atoms with Crippen LogP contribution in [0.25, 0.3) is 0 Å². The van der Waals surface area contributed by atoms with Crippen LogP contribution in [0, 0.1) is 0 Å². The number of ether oxygens (including phenoxy) is 1. The minimum atomic E-state index is 0.401. The van der Waals surface area contributed by atoms with Crippen LogP contribution in [0.1, 0.15) is 67.2 Å². The molecule has 0 aliphatic carbocycles. The SMILES string of the molecule is CSc1ccc(C2CN3CCCC3c3cccc(OCCCN4CCCCC4)c32)cc1. The van der Waals surface area contributed by atoms with Crippen molar-refractivity contribution in [3.05, 3.63) is 59.2 Å². The topological polar surface area (TPSA) is 15.7 Å². The van der Waals surface area contributed by atoms with Crippen LogP contribution in [0.5, 0.6) is 5.75 Å². The highest BCUT2D eigenvalue weighted by molar-refractivity contribution is 7.98. The molecule has 3 aliphatic heterocycles. The molecular weight excluding hydrogens is 400 g/mol. The van der Waals surface area contributed by atoms with Crippen LogP contribution in [-0.2, 0) is 0 Å². The fourth-order valence-corrected chi connectivity index (χ4v) is 6.24. The van der Waals surface area contributed by atoms with Crippen molar-refractivity contribution in [3.8, 4) is 5.75 Å². The van der Waals surface area contributed by atoms with Gasteiger partial charge in [0.05, 0.1) is 6.61 Å². The summed E-state index contributed by atoms with van der Waals surface area (Å²) in [4.78, 5) is 6.65. The number of fused-ring (bicyclic) bond motifs is 3. The zero-order valence-corrected chi connectivity index (χ0v) is 19.7. The van der Waals surface area contributed by atoms with Crippen molar-refractivity contribution >= 4 is 11.8 Å². The second-order valence-corrected chi connectivity index (χ2v) is 10.2. The summed E-state index contributed by atoms with van der Waals surface area (Å²) < 4.78 is 6.49. The van der Waals surface area contributed by atoms with E-state index in [0.29, 0.717) is 12.0 Å². The third-order valence-corrected chi connectivity index (χ3v) is 8.17. The fraction of sp³-hybridized carbons (Fsp3) is 0.556. The molecule has 31 heavy (non-hydrogen) atoms. The molecule has 0 saturated carbocycles. The Hall–Kier alpha value is -1.49. The van der Waals surface area contributed by atoms with E-state index in [4.69, 9.17) is 4.74 Å². The Labute approximate surface area is 192 Å². The normalized spacial score (nSPS) is 24.0. The van der Waals surface area contributed by atoms with E-state index in [1.165, 1.54) is 79.9 Å². The molecule has 2 aromatic carbocycles. The number of piperidine rings is 1. The molecule has 2 saturated heterocycles. The molecule has 0 bridgehead atoms. The second kappa shape index (κ2) is 9.97. The molecule has 5 rings (SSSR count). The van der Waals surface area contributed by atoms with E-state index in [0.717, 1.165) is 25.3 Å². The van der Waals surface area contributed by atoms with Crippen LogP contribution in [0.4, 0.5) is 0 Å². The van der Waals surface area contributed by atoms with E-state index in [1.807, 2.05) is 11.8 Å². The van der Waals surface area contributed by atoms with Gasteiger partial charge in [-0.15, -0.1) is 11.8 Å². The highest BCUT2D eigenvalue weighted by Gasteiger charge is 2.38. The number of likely N-dealkylation sites (tertiary alicyclic amines) is 1. The predicted molar refractivity (Wildman–Crippen MR) is 130 cm³/mol. The maximum atomic E-state index is 6.49. The van der Waals surface area contributed by atoms with Gasteiger partial charge in [-0.3, -0.25) is 4.90 Å². The third kappa shape index (κ3) is 4.67. The van der Waals surface area contributed by atoms with E-state index >= 15 is 0 Å². The molecule has 3 aliphatic rings. The standard InChI is InChI=1S/C27H36N2OS/c1-31-22-13-11-21(12-14-22)24-20-29-18-6-9-25(29)23-8-5-10-26(27(23)24)30-19-7-17-28-15-3-2-4-16-28/h5,8,10-14,24-25H,2-4,6-7,9,15-20H2,1H3. The Morgan fingerprint density at radius 2 is 1.81 bits per heavy atom. The van der Waals surface area contributed by atoms with Crippen molar-refractivity contribution < 1.29 is 4.74 Å². The lowest BCUT2D eigenvalue weighted by Crippen LogP contribution is -2.35. The molecule has 2 fully saturated rings. The molecule has 3 nitrogen and oxygen atoms in total. The molecule has 166 valence electrons. The van der Waals surface area contributed by atoms with Gasteiger partial charge in [-0.2, -0.15) is 0 Å². The summed E-state index contributed by atoms with van der Waals surface area (Å²) >= 11 is 1.81. The van der Waals surface area contributed by atoms with Crippen molar-refractivity contribution in [2.75, 3.05) is 45.6 Å². The smallest absolute Gasteiger partial charge is 0.123 e. The second-order valence-electron chi connectivity index (χ2n) is 9.34. The molecule has 2 atom stereocenters. The first-order valence-electron chi connectivity index (χ1n) is 12.2. The van der Waals surface area contributed by atoms with Gasteiger partial charge in [0, 0.05) is 35.5 Å². The quantitative estimate of drug-likeness (QED) is 0.394. The van der Waals surface area contributed by atoms with Gasteiger partial charge >= 0.3 is 0 Å². The van der Waals surface area contributed by atoms with Gasteiger partial charge in [-0.05, 0) is 87.3 Å². The molecule has 4 heteroatoms. The average molecular weight is 437 g/mol.